The van der Waals surface area contributed by atoms with Gasteiger partial charge in [0.05, 0.1) is 0 Å². The number of rotatable bonds is 3. The predicted octanol–water partition coefficient (Wildman–Crippen LogP) is 3.71. The first-order chi connectivity index (χ1) is 4.83. The van der Waals surface area contributed by atoms with Gasteiger partial charge >= 0.3 is 0 Å². The topological polar surface area (TPSA) is 0 Å². The minimum Gasteiger partial charge on any atom is -0.201 e. The normalized spacial score (nSPS) is 12.5. The van der Waals surface area contributed by atoms with Gasteiger partial charge in [0.2, 0.25) is 0 Å². The van der Waals surface area contributed by atoms with E-state index >= 15 is 0 Å². The van der Waals surface area contributed by atoms with Crippen molar-refractivity contribution in [2.45, 2.75) is 58.2 Å². The molecule has 0 aromatic carbocycles. The molecular weight excluding hydrogens is 191 g/mol. The summed E-state index contributed by atoms with van der Waals surface area (Å²) in [5.74, 6) is 0. The first-order valence-electron chi connectivity index (χ1n) is 4.55. The van der Waals surface area contributed by atoms with E-state index in [9.17, 15) is 0 Å². The maximum Gasteiger partial charge on any atom is 0.120 e. The Labute approximate surface area is 106 Å². The third-order valence-corrected chi connectivity index (χ3v) is 13.0. The fraction of sp³-hybridized carbons (Fsp3) is 1.00. The van der Waals surface area contributed by atoms with Crippen LogP contribution in [0.25, 0.3) is 0 Å². The Morgan fingerprint density at radius 1 is 0.750 bits per heavy atom. The Morgan fingerprint density at radius 2 is 0.917 bits per heavy atom. The fourth-order valence-electron chi connectivity index (χ4n) is 2.00. The molecule has 0 unspecified atom stereocenters. The molecule has 0 aliphatic carbocycles. The Morgan fingerprint density at radius 3 is 0.917 bits per heavy atom. The van der Waals surface area contributed by atoms with Crippen LogP contribution in [0.15, 0.2) is 0 Å². The van der Waals surface area contributed by atoms with Crippen LogP contribution < -0.4 is 0 Å². The third kappa shape index (κ3) is 3.37. The van der Waals surface area contributed by atoms with Crippen LogP contribution in [0.3, 0.4) is 0 Å². The van der Waals surface area contributed by atoms with Crippen molar-refractivity contribution in [3.8, 4) is 0 Å². The van der Waals surface area contributed by atoms with E-state index in [2.05, 4.69) is 41.5 Å². The Balaban J connectivity index is 0. The van der Waals surface area contributed by atoms with Gasteiger partial charge in [0.25, 0.3) is 0 Å². The van der Waals surface area contributed by atoms with Gasteiger partial charge in [-0.2, -0.15) is 0 Å². The predicted molar refractivity (Wildman–Crippen MR) is 65.8 cm³/mol. The smallest absolute Gasteiger partial charge is 0.120 e. The summed E-state index contributed by atoms with van der Waals surface area (Å²) in [6.45, 7) is 13.9. The molecule has 0 heterocycles. The standard InChI is InChI=1S/C9H22SSi.Na/c1-7(2)11(10,8(3)4)9(5)6;/h7-10H,1-6H3;. The van der Waals surface area contributed by atoms with Crippen LogP contribution in [0.1, 0.15) is 41.5 Å². The van der Waals surface area contributed by atoms with E-state index in [1.807, 2.05) is 0 Å². The molecule has 0 aromatic heterocycles. The summed E-state index contributed by atoms with van der Waals surface area (Å²) in [5, 5.41) is 0. The minimum absolute atomic E-state index is 0. The van der Waals surface area contributed by atoms with Crippen molar-refractivity contribution in [1.82, 2.24) is 0 Å². The summed E-state index contributed by atoms with van der Waals surface area (Å²) in [6.07, 6.45) is 0. The van der Waals surface area contributed by atoms with E-state index in [0.29, 0.717) is 0 Å². The molecule has 0 aliphatic heterocycles. The van der Waals surface area contributed by atoms with E-state index in [4.69, 9.17) is 12.1 Å². The maximum absolute atomic E-state index is 4.94. The van der Waals surface area contributed by atoms with Crippen LogP contribution in [0.5, 0.6) is 0 Å². The molecule has 0 fully saturated rings. The van der Waals surface area contributed by atoms with Crippen molar-refractivity contribution in [1.29, 1.82) is 0 Å². The van der Waals surface area contributed by atoms with Crippen molar-refractivity contribution in [3.05, 3.63) is 0 Å². The van der Waals surface area contributed by atoms with Crippen LogP contribution in [-0.2, 0) is 0 Å². The quantitative estimate of drug-likeness (QED) is 0.536. The molecule has 69 valence electrons. The monoisotopic (exact) mass is 213 g/mol. The molecule has 0 amide bonds. The molecule has 0 saturated carbocycles. The van der Waals surface area contributed by atoms with Gasteiger partial charge in [-0.15, -0.1) is 0 Å². The van der Waals surface area contributed by atoms with E-state index in [1.54, 1.807) is 0 Å². The molecule has 0 saturated heterocycles. The van der Waals surface area contributed by atoms with E-state index in [0.717, 1.165) is 16.6 Å². The van der Waals surface area contributed by atoms with Crippen LogP contribution in [-0.4, -0.2) is 36.8 Å². The number of thiol groups is 1. The van der Waals surface area contributed by atoms with Gasteiger partial charge in [0.15, 0.2) is 0 Å². The van der Waals surface area contributed by atoms with Crippen molar-refractivity contribution in [3.63, 3.8) is 0 Å². The van der Waals surface area contributed by atoms with Gasteiger partial charge in [-0.1, -0.05) is 41.5 Å². The second-order valence-corrected chi connectivity index (χ2v) is 11.9. The van der Waals surface area contributed by atoms with E-state index in [-0.39, 0.29) is 29.6 Å². The third-order valence-electron chi connectivity index (χ3n) is 2.77. The van der Waals surface area contributed by atoms with E-state index in [1.165, 1.54) is 0 Å². The fourth-order valence-corrected chi connectivity index (χ4v) is 6.00. The second kappa shape index (κ2) is 6.13. The second-order valence-electron chi connectivity index (χ2n) is 4.35. The number of hydrogen-bond donors (Lipinski definition) is 1. The van der Waals surface area contributed by atoms with Gasteiger partial charge in [0.1, 0.15) is 7.22 Å². The van der Waals surface area contributed by atoms with Crippen molar-refractivity contribution in [2.24, 2.45) is 0 Å². The molecule has 12 heavy (non-hydrogen) atoms. The molecule has 1 radical (unpaired) electrons. The molecule has 0 aromatic rings. The molecule has 0 nitrogen and oxygen atoms in total. The summed E-state index contributed by atoms with van der Waals surface area (Å²) >= 11 is 4.94. The van der Waals surface area contributed by atoms with Crippen LogP contribution in [0.2, 0.25) is 16.6 Å². The first kappa shape index (κ1) is 16.0. The summed E-state index contributed by atoms with van der Waals surface area (Å²) < 4.78 is 0. The summed E-state index contributed by atoms with van der Waals surface area (Å²) in [4.78, 5) is 0. The van der Waals surface area contributed by atoms with Gasteiger partial charge in [-0.25, -0.2) is 12.1 Å². The van der Waals surface area contributed by atoms with Crippen LogP contribution in [0.4, 0.5) is 0 Å². The Kier molecular flexibility index (Phi) is 8.18. The average Bonchev–Trinajstić information content (AvgIpc) is 1.84. The Bertz CT molecular complexity index is 102. The number of hydrogen-bond acceptors (Lipinski definition) is 1. The zero-order chi connectivity index (χ0) is 9.23. The molecule has 0 spiro atoms. The SMILES string of the molecule is CC(C)[Si](S)(C(C)C)C(C)C.[Na]. The zero-order valence-electron chi connectivity index (χ0n) is 9.68. The van der Waals surface area contributed by atoms with Gasteiger partial charge in [-0.05, 0) is 16.6 Å². The largest absolute Gasteiger partial charge is 0.201 e. The van der Waals surface area contributed by atoms with Crippen molar-refractivity contribution < 1.29 is 0 Å². The molecule has 0 aliphatic rings. The van der Waals surface area contributed by atoms with Gasteiger partial charge in [0, 0.05) is 29.6 Å². The van der Waals surface area contributed by atoms with Crippen LogP contribution >= 0.6 is 12.1 Å². The summed E-state index contributed by atoms with van der Waals surface area (Å²) in [5.41, 5.74) is 2.35. The molecule has 0 N–H and O–H groups in total. The van der Waals surface area contributed by atoms with Crippen molar-refractivity contribution >= 4 is 48.9 Å². The van der Waals surface area contributed by atoms with E-state index < -0.39 is 7.22 Å². The molecule has 0 atom stereocenters. The molecule has 0 rings (SSSR count). The van der Waals surface area contributed by atoms with Gasteiger partial charge in [-0.3, -0.25) is 0 Å². The molecular formula is C9H22NaSSi. The average molecular weight is 213 g/mol. The summed E-state index contributed by atoms with van der Waals surface area (Å²) in [7, 11) is -1.29. The maximum atomic E-state index is 4.94. The first-order valence-corrected chi connectivity index (χ1v) is 8.07. The van der Waals surface area contributed by atoms with Crippen LogP contribution in [0, 0.1) is 0 Å². The molecule has 0 bridgehead atoms. The Hall–Kier alpha value is 1.57. The molecule has 3 heteroatoms. The zero-order valence-corrected chi connectivity index (χ0v) is 13.6. The minimum atomic E-state index is -1.29. The van der Waals surface area contributed by atoms with Gasteiger partial charge < -0.3 is 0 Å². The van der Waals surface area contributed by atoms with Crippen molar-refractivity contribution in [2.75, 3.05) is 0 Å². The summed E-state index contributed by atoms with van der Waals surface area (Å²) in [6, 6.07) is 0.